The van der Waals surface area contributed by atoms with E-state index in [-0.39, 0.29) is 11.7 Å². The number of nitrogens with one attached hydrogen (secondary N) is 1. The normalized spacial score (nSPS) is 21.6. The fourth-order valence-electron chi connectivity index (χ4n) is 2.16. The Labute approximate surface area is 98.4 Å². The third kappa shape index (κ3) is 2.54. The highest BCUT2D eigenvalue weighted by molar-refractivity contribution is 5.56. The van der Waals surface area contributed by atoms with E-state index in [0.29, 0.717) is 13.1 Å². The fourth-order valence-corrected chi connectivity index (χ4v) is 2.16. The molecule has 1 aromatic rings. The van der Waals surface area contributed by atoms with Gasteiger partial charge in [-0.1, -0.05) is 12.1 Å². The molecular weight excluding hydrogens is 229 g/mol. The van der Waals surface area contributed by atoms with E-state index in [1.807, 2.05) is 11.8 Å². The smallest absolute Gasteiger partial charge is 0.366 e. The molecule has 17 heavy (non-hydrogen) atoms. The minimum absolute atomic E-state index is 0.0762. The monoisotopic (exact) mass is 244 g/mol. The van der Waals surface area contributed by atoms with Crippen LogP contribution in [0.5, 0.6) is 0 Å². The van der Waals surface area contributed by atoms with Crippen LogP contribution in [0.15, 0.2) is 24.3 Å². The highest BCUT2D eigenvalue weighted by Crippen LogP contribution is 2.37. The lowest BCUT2D eigenvalue weighted by atomic mass is 10.1. The van der Waals surface area contributed by atoms with Crippen LogP contribution in [-0.4, -0.2) is 25.7 Å². The summed E-state index contributed by atoms with van der Waals surface area (Å²) < 4.78 is 38.7. The third-order valence-corrected chi connectivity index (χ3v) is 3.02. The Morgan fingerprint density at radius 1 is 1.29 bits per heavy atom. The second-order valence-electron chi connectivity index (χ2n) is 4.26. The van der Waals surface area contributed by atoms with E-state index in [2.05, 4.69) is 5.32 Å². The average Bonchev–Trinajstić information content (AvgIpc) is 2.28. The van der Waals surface area contributed by atoms with E-state index in [4.69, 9.17) is 0 Å². The lowest BCUT2D eigenvalue weighted by Crippen LogP contribution is -2.50. The van der Waals surface area contributed by atoms with E-state index in [1.165, 1.54) is 6.07 Å². The molecule has 1 fully saturated rings. The summed E-state index contributed by atoms with van der Waals surface area (Å²) >= 11 is 0. The molecule has 0 radical (unpaired) electrons. The summed E-state index contributed by atoms with van der Waals surface area (Å²) in [6.45, 7) is 3.97. The molecule has 1 saturated heterocycles. The van der Waals surface area contributed by atoms with Crippen molar-refractivity contribution in [3.05, 3.63) is 29.8 Å². The zero-order valence-corrected chi connectivity index (χ0v) is 9.59. The number of nitrogens with zero attached hydrogens (tertiary/aromatic N) is 1. The Morgan fingerprint density at radius 2 is 2.00 bits per heavy atom. The van der Waals surface area contributed by atoms with Gasteiger partial charge in [0.25, 0.3) is 0 Å². The lowest BCUT2D eigenvalue weighted by molar-refractivity contribution is -0.137. The van der Waals surface area contributed by atoms with Gasteiger partial charge in [-0.15, -0.1) is 0 Å². The van der Waals surface area contributed by atoms with Crippen LogP contribution in [0.2, 0.25) is 0 Å². The van der Waals surface area contributed by atoms with Crippen molar-refractivity contribution < 1.29 is 13.2 Å². The predicted molar refractivity (Wildman–Crippen MR) is 61.1 cm³/mol. The summed E-state index contributed by atoms with van der Waals surface area (Å²) in [6, 6.07) is 5.85. The molecule has 1 aliphatic rings. The maximum atomic E-state index is 12.9. The Balaban J connectivity index is 2.37. The van der Waals surface area contributed by atoms with Crippen LogP contribution < -0.4 is 10.2 Å². The first-order chi connectivity index (χ1) is 8.00. The van der Waals surface area contributed by atoms with Crippen molar-refractivity contribution in [2.24, 2.45) is 0 Å². The van der Waals surface area contributed by atoms with Crippen LogP contribution in [0, 0.1) is 0 Å². The number of piperazine rings is 1. The number of benzene rings is 1. The van der Waals surface area contributed by atoms with Crippen LogP contribution in [0.1, 0.15) is 12.5 Å². The average molecular weight is 244 g/mol. The van der Waals surface area contributed by atoms with Crippen molar-refractivity contribution >= 4 is 5.69 Å². The molecule has 0 spiro atoms. The number of para-hydroxylation sites is 1. The molecule has 0 bridgehead atoms. The molecule has 94 valence electrons. The lowest BCUT2D eigenvalue weighted by Gasteiger charge is -2.37. The standard InChI is InChI=1S/C12H15F3N2/c1-9-8-16-6-7-17(9)11-5-3-2-4-10(11)12(13,14)15/h2-5,9,16H,6-8H2,1H3/t9-/m1/s1. The number of rotatable bonds is 1. The van der Waals surface area contributed by atoms with Gasteiger partial charge in [-0.3, -0.25) is 0 Å². The number of alkyl halides is 3. The molecule has 0 unspecified atom stereocenters. The summed E-state index contributed by atoms with van der Waals surface area (Å²) in [7, 11) is 0. The van der Waals surface area contributed by atoms with Gasteiger partial charge < -0.3 is 10.2 Å². The molecule has 5 heteroatoms. The highest BCUT2D eigenvalue weighted by atomic mass is 19.4. The molecule has 0 amide bonds. The topological polar surface area (TPSA) is 15.3 Å². The van der Waals surface area contributed by atoms with Gasteiger partial charge in [-0.25, -0.2) is 0 Å². The molecule has 2 rings (SSSR count). The van der Waals surface area contributed by atoms with Crippen molar-refractivity contribution in [3.63, 3.8) is 0 Å². The van der Waals surface area contributed by atoms with Crippen molar-refractivity contribution in [3.8, 4) is 0 Å². The second-order valence-corrected chi connectivity index (χ2v) is 4.26. The summed E-state index contributed by atoms with van der Waals surface area (Å²) in [5, 5.41) is 3.17. The van der Waals surface area contributed by atoms with E-state index in [0.717, 1.165) is 12.6 Å². The minimum atomic E-state index is -4.29. The Hall–Kier alpha value is -1.23. The zero-order chi connectivity index (χ0) is 12.5. The Bertz CT molecular complexity index is 390. The first kappa shape index (κ1) is 12.2. The molecule has 1 heterocycles. The summed E-state index contributed by atoms with van der Waals surface area (Å²) in [5.74, 6) is 0. The largest absolute Gasteiger partial charge is 0.418 e. The first-order valence-corrected chi connectivity index (χ1v) is 5.64. The van der Waals surface area contributed by atoms with Crippen LogP contribution in [0.4, 0.5) is 18.9 Å². The highest BCUT2D eigenvalue weighted by Gasteiger charge is 2.35. The second kappa shape index (κ2) is 4.56. The van der Waals surface area contributed by atoms with Crippen LogP contribution in [0.3, 0.4) is 0 Å². The molecule has 2 nitrogen and oxygen atoms in total. The van der Waals surface area contributed by atoms with Gasteiger partial charge in [0.05, 0.1) is 5.56 Å². The van der Waals surface area contributed by atoms with Gasteiger partial charge in [0.1, 0.15) is 0 Å². The molecule has 0 aliphatic carbocycles. The van der Waals surface area contributed by atoms with Gasteiger partial charge in [0, 0.05) is 31.4 Å². The molecule has 1 N–H and O–H groups in total. The minimum Gasteiger partial charge on any atom is -0.366 e. The first-order valence-electron chi connectivity index (χ1n) is 5.64. The molecular formula is C12H15F3N2. The maximum absolute atomic E-state index is 12.9. The molecule has 1 aliphatic heterocycles. The third-order valence-electron chi connectivity index (χ3n) is 3.02. The van der Waals surface area contributed by atoms with Crippen LogP contribution >= 0.6 is 0 Å². The van der Waals surface area contributed by atoms with Crippen molar-refractivity contribution in [1.82, 2.24) is 5.32 Å². The number of hydrogen-bond acceptors (Lipinski definition) is 2. The van der Waals surface area contributed by atoms with Gasteiger partial charge in [0.15, 0.2) is 0 Å². The summed E-state index contributed by atoms with van der Waals surface area (Å²) in [6.07, 6.45) is -4.29. The zero-order valence-electron chi connectivity index (χ0n) is 9.59. The van der Waals surface area contributed by atoms with E-state index in [9.17, 15) is 13.2 Å². The quantitative estimate of drug-likeness (QED) is 0.816. The fraction of sp³-hybridized carbons (Fsp3) is 0.500. The van der Waals surface area contributed by atoms with E-state index in [1.54, 1.807) is 12.1 Å². The maximum Gasteiger partial charge on any atom is 0.418 e. The van der Waals surface area contributed by atoms with Crippen molar-refractivity contribution in [2.45, 2.75) is 19.1 Å². The predicted octanol–water partition coefficient (Wildman–Crippen LogP) is 2.50. The van der Waals surface area contributed by atoms with Gasteiger partial charge >= 0.3 is 6.18 Å². The van der Waals surface area contributed by atoms with Gasteiger partial charge in [0.2, 0.25) is 0 Å². The number of halogens is 3. The van der Waals surface area contributed by atoms with Crippen LogP contribution in [0.25, 0.3) is 0 Å². The SMILES string of the molecule is C[C@@H]1CNCCN1c1ccccc1C(F)(F)F. The van der Waals surface area contributed by atoms with Gasteiger partial charge in [-0.05, 0) is 19.1 Å². The number of anilines is 1. The van der Waals surface area contributed by atoms with Gasteiger partial charge in [-0.2, -0.15) is 13.2 Å². The summed E-state index contributed by atoms with van der Waals surface area (Å²) in [5.41, 5.74) is -0.261. The Kier molecular flexibility index (Phi) is 3.28. The van der Waals surface area contributed by atoms with E-state index >= 15 is 0 Å². The van der Waals surface area contributed by atoms with Crippen LogP contribution in [-0.2, 0) is 6.18 Å². The Morgan fingerprint density at radius 3 is 2.65 bits per heavy atom. The molecule has 0 saturated carbocycles. The molecule has 1 aromatic carbocycles. The number of hydrogen-bond donors (Lipinski definition) is 1. The molecule has 0 aromatic heterocycles. The van der Waals surface area contributed by atoms with Crippen molar-refractivity contribution in [1.29, 1.82) is 0 Å². The van der Waals surface area contributed by atoms with E-state index < -0.39 is 11.7 Å². The molecule has 1 atom stereocenters. The van der Waals surface area contributed by atoms with Crippen molar-refractivity contribution in [2.75, 3.05) is 24.5 Å². The summed E-state index contributed by atoms with van der Waals surface area (Å²) in [4.78, 5) is 1.82.